The van der Waals surface area contributed by atoms with E-state index in [9.17, 15) is 9.59 Å². The Hall–Kier alpha value is -1.82. The van der Waals surface area contributed by atoms with E-state index in [4.69, 9.17) is 29.1 Å². The van der Waals surface area contributed by atoms with E-state index >= 15 is 0 Å². The van der Waals surface area contributed by atoms with E-state index in [0.717, 1.165) is 5.56 Å². The molecule has 7 heteroatoms. The third-order valence-electron chi connectivity index (χ3n) is 3.37. The van der Waals surface area contributed by atoms with E-state index in [1.54, 1.807) is 31.2 Å². The number of aromatic nitrogens is 1. The number of benzene rings is 1. The molecule has 0 saturated carbocycles. The maximum atomic E-state index is 12.0. The molecule has 0 radical (unpaired) electrons. The second kappa shape index (κ2) is 6.96. The van der Waals surface area contributed by atoms with Gasteiger partial charge in [-0.1, -0.05) is 35.3 Å². The van der Waals surface area contributed by atoms with Crippen LogP contribution in [-0.4, -0.2) is 10.5 Å². The second-order valence-corrected chi connectivity index (χ2v) is 5.55. The summed E-state index contributed by atoms with van der Waals surface area (Å²) in [5.74, 6) is 4.23. The van der Waals surface area contributed by atoms with Crippen LogP contribution >= 0.6 is 23.2 Å². The van der Waals surface area contributed by atoms with Gasteiger partial charge in [0.15, 0.2) is 0 Å². The number of carbonyl (C=O) groups excluding carboxylic acids is 1. The van der Waals surface area contributed by atoms with Crippen LogP contribution in [0.5, 0.6) is 0 Å². The molecule has 1 aromatic heterocycles. The zero-order valence-electron chi connectivity index (χ0n) is 11.8. The summed E-state index contributed by atoms with van der Waals surface area (Å²) in [7, 11) is 0. The first kappa shape index (κ1) is 16.5. The van der Waals surface area contributed by atoms with Crippen LogP contribution in [0.15, 0.2) is 35.1 Å². The number of nitrogens with two attached hydrogens (primary N) is 1. The lowest BCUT2D eigenvalue weighted by molar-refractivity contribution is 0.0503. The molecule has 0 bridgehead atoms. The predicted octanol–water partition coefficient (Wildman–Crippen LogP) is 2.74. The standard InChI is InChI=1S/C15H14Cl2N2O3/c1-9-12(16)8-13(17)14(20)19(9)7-6-10-2-4-11(5-3-10)15(21)22-18/h2-5,8H,6-7,18H2,1H3. The van der Waals surface area contributed by atoms with Crippen LogP contribution in [0, 0.1) is 6.92 Å². The van der Waals surface area contributed by atoms with Crippen LogP contribution in [0.2, 0.25) is 10.0 Å². The summed E-state index contributed by atoms with van der Waals surface area (Å²) < 4.78 is 1.53. The van der Waals surface area contributed by atoms with Gasteiger partial charge in [0.2, 0.25) is 0 Å². The first-order valence-electron chi connectivity index (χ1n) is 6.49. The van der Waals surface area contributed by atoms with Gasteiger partial charge in [-0.25, -0.2) is 4.79 Å². The highest BCUT2D eigenvalue weighted by Gasteiger charge is 2.10. The highest BCUT2D eigenvalue weighted by Crippen LogP contribution is 2.17. The molecular formula is C15H14Cl2N2O3. The lowest BCUT2D eigenvalue weighted by Crippen LogP contribution is -2.24. The fraction of sp³-hybridized carbons (Fsp3) is 0.200. The molecule has 0 atom stereocenters. The van der Waals surface area contributed by atoms with E-state index in [1.807, 2.05) is 0 Å². The van der Waals surface area contributed by atoms with E-state index in [-0.39, 0.29) is 10.6 Å². The molecule has 0 amide bonds. The summed E-state index contributed by atoms with van der Waals surface area (Å²) in [4.78, 5) is 27.4. The molecule has 22 heavy (non-hydrogen) atoms. The molecule has 0 fully saturated rings. The highest BCUT2D eigenvalue weighted by atomic mass is 35.5. The molecule has 0 saturated heterocycles. The van der Waals surface area contributed by atoms with Crippen molar-refractivity contribution in [2.24, 2.45) is 5.90 Å². The molecule has 2 aromatic rings. The van der Waals surface area contributed by atoms with Crippen molar-refractivity contribution in [2.75, 3.05) is 0 Å². The van der Waals surface area contributed by atoms with Crippen molar-refractivity contribution < 1.29 is 9.63 Å². The normalized spacial score (nSPS) is 10.5. The van der Waals surface area contributed by atoms with Gasteiger partial charge in [0, 0.05) is 12.2 Å². The van der Waals surface area contributed by atoms with Crippen molar-refractivity contribution in [1.29, 1.82) is 0 Å². The highest BCUT2D eigenvalue weighted by molar-refractivity contribution is 6.34. The zero-order chi connectivity index (χ0) is 16.3. The Kier molecular flexibility index (Phi) is 5.24. The van der Waals surface area contributed by atoms with Crippen LogP contribution in [0.4, 0.5) is 0 Å². The largest absolute Gasteiger partial charge is 0.370 e. The van der Waals surface area contributed by atoms with Crippen LogP contribution in [-0.2, 0) is 17.8 Å². The van der Waals surface area contributed by atoms with Gasteiger partial charge in [-0.05, 0) is 37.1 Å². The summed E-state index contributed by atoms with van der Waals surface area (Å²) in [6, 6.07) is 8.23. The van der Waals surface area contributed by atoms with Crippen LogP contribution < -0.4 is 11.5 Å². The molecule has 116 valence electrons. The number of nitrogens with zero attached hydrogens (tertiary/aromatic N) is 1. The molecule has 2 rings (SSSR count). The topological polar surface area (TPSA) is 74.3 Å². The van der Waals surface area contributed by atoms with Gasteiger partial charge in [-0.15, -0.1) is 0 Å². The van der Waals surface area contributed by atoms with E-state index in [2.05, 4.69) is 4.84 Å². The van der Waals surface area contributed by atoms with Crippen LogP contribution in [0.1, 0.15) is 21.6 Å². The van der Waals surface area contributed by atoms with Gasteiger partial charge in [0.05, 0.1) is 10.6 Å². The lowest BCUT2D eigenvalue weighted by atomic mass is 10.1. The molecule has 0 aliphatic rings. The molecule has 0 spiro atoms. The Morgan fingerprint density at radius 3 is 2.45 bits per heavy atom. The summed E-state index contributed by atoms with van der Waals surface area (Å²) in [6.07, 6.45) is 0.593. The monoisotopic (exact) mass is 340 g/mol. The fourth-order valence-corrected chi connectivity index (χ4v) is 2.55. The summed E-state index contributed by atoms with van der Waals surface area (Å²) in [5, 5.41) is 0.544. The lowest BCUT2D eigenvalue weighted by Gasteiger charge is -2.12. The molecular weight excluding hydrogens is 327 g/mol. The Morgan fingerprint density at radius 1 is 1.23 bits per heavy atom. The van der Waals surface area contributed by atoms with Gasteiger partial charge in [0.1, 0.15) is 5.02 Å². The minimum atomic E-state index is -0.597. The number of hydrogen-bond donors (Lipinski definition) is 1. The number of halogens is 2. The Labute approximate surface area is 137 Å². The summed E-state index contributed by atoms with van der Waals surface area (Å²) >= 11 is 11.9. The fourth-order valence-electron chi connectivity index (χ4n) is 2.07. The number of hydrogen-bond acceptors (Lipinski definition) is 4. The molecule has 0 aliphatic carbocycles. The molecule has 0 aliphatic heterocycles. The average molecular weight is 341 g/mol. The maximum absolute atomic E-state index is 12.0. The second-order valence-electron chi connectivity index (χ2n) is 4.73. The van der Waals surface area contributed by atoms with Gasteiger partial charge >= 0.3 is 5.97 Å². The minimum absolute atomic E-state index is 0.0941. The average Bonchev–Trinajstić information content (AvgIpc) is 2.53. The first-order chi connectivity index (χ1) is 10.4. The van der Waals surface area contributed by atoms with Crippen molar-refractivity contribution in [2.45, 2.75) is 19.9 Å². The van der Waals surface area contributed by atoms with E-state index in [0.29, 0.717) is 29.2 Å². The summed E-state index contributed by atoms with van der Waals surface area (Å²) in [6.45, 7) is 2.20. The molecule has 0 unspecified atom stereocenters. The number of carbonyl (C=O) groups is 1. The molecule has 1 aromatic carbocycles. The molecule has 1 heterocycles. The Balaban J connectivity index is 2.17. The van der Waals surface area contributed by atoms with Gasteiger partial charge in [0.25, 0.3) is 5.56 Å². The summed E-state index contributed by atoms with van der Waals surface area (Å²) in [5.41, 5.74) is 1.72. The third-order valence-corrected chi connectivity index (χ3v) is 4.03. The van der Waals surface area contributed by atoms with Crippen molar-refractivity contribution >= 4 is 29.2 Å². The number of pyridine rings is 1. The van der Waals surface area contributed by atoms with Crippen LogP contribution in [0.25, 0.3) is 0 Å². The number of aryl methyl sites for hydroxylation is 1. The van der Waals surface area contributed by atoms with Crippen LogP contribution in [0.3, 0.4) is 0 Å². The van der Waals surface area contributed by atoms with Crippen molar-refractivity contribution in [1.82, 2.24) is 4.57 Å². The zero-order valence-corrected chi connectivity index (χ0v) is 13.3. The van der Waals surface area contributed by atoms with Crippen molar-refractivity contribution in [3.63, 3.8) is 0 Å². The Bertz CT molecular complexity index is 755. The SMILES string of the molecule is Cc1c(Cl)cc(Cl)c(=O)n1CCc1ccc(C(=O)ON)cc1. The maximum Gasteiger partial charge on any atom is 0.356 e. The van der Waals surface area contributed by atoms with Gasteiger partial charge < -0.3 is 9.40 Å². The predicted molar refractivity (Wildman–Crippen MR) is 85.2 cm³/mol. The van der Waals surface area contributed by atoms with Gasteiger partial charge in [-0.2, -0.15) is 5.90 Å². The Morgan fingerprint density at radius 2 is 1.86 bits per heavy atom. The van der Waals surface area contributed by atoms with Crippen molar-refractivity contribution in [3.8, 4) is 0 Å². The van der Waals surface area contributed by atoms with E-state index in [1.165, 1.54) is 10.6 Å². The smallest absolute Gasteiger partial charge is 0.356 e. The van der Waals surface area contributed by atoms with E-state index < -0.39 is 5.97 Å². The quantitative estimate of drug-likeness (QED) is 0.868. The number of rotatable bonds is 4. The third kappa shape index (κ3) is 3.50. The molecule has 2 N–H and O–H groups in total. The van der Waals surface area contributed by atoms with Gasteiger partial charge in [-0.3, -0.25) is 4.79 Å². The minimum Gasteiger partial charge on any atom is -0.370 e. The molecule has 5 nitrogen and oxygen atoms in total. The van der Waals surface area contributed by atoms with Crippen molar-refractivity contribution in [3.05, 3.63) is 67.6 Å². The first-order valence-corrected chi connectivity index (χ1v) is 7.25.